The molecule has 2 amide bonds. The number of nitrogens with zero attached hydrogens (tertiary/aromatic N) is 1. The van der Waals surface area contributed by atoms with Crippen LogP contribution >= 0.6 is 0 Å². The van der Waals surface area contributed by atoms with E-state index in [0.29, 0.717) is 10.8 Å². The van der Waals surface area contributed by atoms with E-state index in [4.69, 9.17) is 9.47 Å². The zero-order valence-corrected chi connectivity index (χ0v) is 16.8. The SMILES string of the molecule is COc1cc2c(cc1OC)S(=O)(=O)N(CC(=O)NCCC1=CCCCC1)C2=O. The maximum atomic E-state index is 12.7. The minimum atomic E-state index is -4.12. The molecule has 28 heavy (non-hydrogen) atoms. The van der Waals surface area contributed by atoms with Crippen molar-refractivity contribution in [2.75, 3.05) is 27.3 Å². The van der Waals surface area contributed by atoms with Crippen LogP contribution < -0.4 is 14.8 Å². The van der Waals surface area contributed by atoms with Gasteiger partial charge in [-0.2, -0.15) is 0 Å². The summed E-state index contributed by atoms with van der Waals surface area (Å²) < 4.78 is 36.3. The molecule has 0 spiro atoms. The van der Waals surface area contributed by atoms with Crippen LogP contribution in [0.1, 0.15) is 42.5 Å². The largest absolute Gasteiger partial charge is 0.493 e. The van der Waals surface area contributed by atoms with Gasteiger partial charge in [-0.15, -0.1) is 0 Å². The normalized spacial score (nSPS) is 17.7. The van der Waals surface area contributed by atoms with Gasteiger partial charge in [0.2, 0.25) is 5.91 Å². The van der Waals surface area contributed by atoms with Crippen LogP contribution in [0, 0.1) is 0 Å². The molecule has 0 fully saturated rings. The number of nitrogens with one attached hydrogen (secondary N) is 1. The molecule has 0 atom stereocenters. The Balaban J connectivity index is 1.69. The highest BCUT2D eigenvalue weighted by Gasteiger charge is 2.43. The van der Waals surface area contributed by atoms with E-state index in [1.807, 2.05) is 0 Å². The van der Waals surface area contributed by atoms with Gasteiger partial charge in [-0.25, -0.2) is 12.7 Å². The predicted molar refractivity (Wildman–Crippen MR) is 102 cm³/mol. The Morgan fingerprint density at radius 1 is 1.18 bits per heavy atom. The van der Waals surface area contributed by atoms with Crippen molar-refractivity contribution in [3.63, 3.8) is 0 Å². The number of carbonyl (C=O) groups excluding carboxylic acids is 2. The van der Waals surface area contributed by atoms with Crippen LogP contribution in [0.25, 0.3) is 0 Å². The molecule has 152 valence electrons. The number of carbonyl (C=O) groups is 2. The molecule has 2 aliphatic rings. The summed E-state index contributed by atoms with van der Waals surface area (Å²) in [6.07, 6.45) is 7.39. The lowest BCUT2D eigenvalue weighted by Gasteiger charge is -2.16. The molecule has 0 saturated carbocycles. The molecule has 0 unspecified atom stereocenters. The number of fused-ring (bicyclic) bond motifs is 1. The molecular weight excluding hydrogens is 384 g/mol. The van der Waals surface area contributed by atoms with Crippen LogP contribution in [0.2, 0.25) is 0 Å². The number of hydrogen-bond acceptors (Lipinski definition) is 6. The quantitative estimate of drug-likeness (QED) is 0.691. The number of ether oxygens (including phenoxy) is 2. The second kappa shape index (κ2) is 8.22. The highest BCUT2D eigenvalue weighted by molar-refractivity contribution is 7.90. The van der Waals surface area contributed by atoms with E-state index in [-0.39, 0.29) is 22.0 Å². The number of methoxy groups -OCH3 is 2. The van der Waals surface area contributed by atoms with Crippen LogP contribution in [0.5, 0.6) is 11.5 Å². The molecule has 0 bridgehead atoms. The zero-order chi connectivity index (χ0) is 20.3. The molecule has 0 aromatic heterocycles. The fourth-order valence-corrected chi connectivity index (χ4v) is 4.96. The molecule has 9 heteroatoms. The molecule has 1 heterocycles. The minimum absolute atomic E-state index is 0.0298. The Hall–Kier alpha value is -2.55. The molecule has 1 aliphatic heterocycles. The summed E-state index contributed by atoms with van der Waals surface area (Å²) in [7, 11) is -1.35. The van der Waals surface area contributed by atoms with Crippen molar-refractivity contribution in [1.29, 1.82) is 0 Å². The van der Waals surface area contributed by atoms with Gasteiger partial charge in [-0.1, -0.05) is 11.6 Å². The number of benzene rings is 1. The topological polar surface area (TPSA) is 102 Å². The third kappa shape index (κ3) is 3.84. The van der Waals surface area contributed by atoms with E-state index >= 15 is 0 Å². The smallest absolute Gasteiger partial charge is 0.269 e. The van der Waals surface area contributed by atoms with Gasteiger partial charge in [0.15, 0.2) is 11.5 Å². The highest BCUT2D eigenvalue weighted by Crippen LogP contribution is 2.38. The fraction of sp³-hybridized carbons (Fsp3) is 0.474. The Labute approximate surface area is 164 Å². The molecule has 1 aliphatic carbocycles. The highest BCUT2D eigenvalue weighted by atomic mass is 32.2. The third-order valence-electron chi connectivity index (χ3n) is 4.95. The van der Waals surface area contributed by atoms with Gasteiger partial charge < -0.3 is 14.8 Å². The van der Waals surface area contributed by atoms with Crippen LogP contribution in [0.15, 0.2) is 28.7 Å². The predicted octanol–water partition coefficient (Wildman–Crippen LogP) is 1.85. The average molecular weight is 408 g/mol. The molecular formula is C19H24N2O6S. The Bertz CT molecular complexity index is 923. The first kappa shape index (κ1) is 20.2. The molecule has 0 radical (unpaired) electrons. The summed E-state index contributed by atoms with van der Waals surface area (Å²) in [5.41, 5.74) is 1.28. The van der Waals surface area contributed by atoms with Gasteiger partial charge in [0.25, 0.3) is 15.9 Å². The van der Waals surface area contributed by atoms with Crippen LogP contribution in [-0.4, -0.2) is 51.8 Å². The van der Waals surface area contributed by atoms with Crippen molar-refractivity contribution in [1.82, 2.24) is 9.62 Å². The van der Waals surface area contributed by atoms with E-state index < -0.39 is 28.4 Å². The fourth-order valence-electron chi connectivity index (χ4n) is 3.44. The van der Waals surface area contributed by atoms with Gasteiger partial charge >= 0.3 is 0 Å². The van der Waals surface area contributed by atoms with E-state index in [2.05, 4.69) is 11.4 Å². The van der Waals surface area contributed by atoms with Crippen molar-refractivity contribution in [2.24, 2.45) is 0 Å². The number of sulfonamides is 1. The minimum Gasteiger partial charge on any atom is -0.493 e. The van der Waals surface area contributed by atoms with Crippen LogP contribution in [-0.2, 0) is 14.8 Å². The van der Waals surface area contributed by atoms with E-state index in [9.17, 15) is 18.0 Å². The second-order valence-corrected chi connectivity index (χ2v) is 8.56. The molecule has 8 nitrogen and oxygen atoms in total. The lowest BCUT2D eigenvalue weighted by Crippen LogP contribution is -2.40. The van der Waals surface area contributed by atoms with Crippen LogP contribution in [0.4, 0.5) is 0 Å². The van der Waals surface area contributed by atoms with Gasteiger partial charge in [0.05, 0.1) is 19.8 Å². The molecule has 0 saturated heterocycles. The Morgan fingerprint density at radius 3 is 2.54 bits per heavy atom. The summed E-state index contributed by atoms with van der Waals surface area (Å²) in [5, 5.41) is 2.70. The Kier molecular flexibility index (Phi) is 5.93. The van der Waals surface area contributed by atoms with Crippen LogP contribution in [0.3, 0.4) is 0 Å². The van der Waals surface area contributed by atoms with Crippen molar-refractivity contribution >= 4 is 21.8 Å². The van der Waals surface area contributed by atoms with E-state index in [1.165, 1.54) is 38.3 Å². The maximum Gasteiger partial charge on any atom is 0.269 e. The number of allylic oxidation sites excluding steroid dienone is 1. The molecule has 1 N–H and O–H groups in total. The van der Waals surface area contributed by atoms with Gasteiger partial charge in [0.1, 0.15) is 11.4 Å². The zero-order valence-electron chi connectivity index (χ0n) is 16.0. The van der Waals surface area contributed by atoms with Crippen molar-refractivity contribution in [2.45, 2.75) is 37.0 Å². The second-order valence-electron chi connectivity index (χ2n) is 6.73. The average Bonchev–Trinajstić information content (AvgIpc) is 2.88. The van der Waals surface area contributed by atoms with Crippen molar-refractivity contribution < 1.29 is 27.5 Å². The number of amides is 2. The first-order valence-electron chi connectivity index (χ1n) is 9.16. The molecule has 3 rings (SSSR count). The summed E-state index contributed by atoms with van der Waals surface area (Å²) in [6.45, 7) is -0.138. The summed E-state index contributed by atoms with van der Waals surface area (Å²) in [5.74, 6) is -0.817. The summed E-state index contributed by atoms with van der Waals surface area (Å²) >= 11 is 0. The standard InChI is InChI=1S/C19H24N2O6S/c1-26-15-10-14-17(11-16(15)27-2)28(24,25)21(19(14)23)12-18(22)20-9-8-13-6-4-3-5-7-13/h6,10-11H,3-5,7-9,12H2,1-2H3,(H,20,22). The Morgan fingerprint density at radius 2 is 1.89 bits per heavy atom. The molecule has 1 aromatic carbocycles. The first-order chi connectivity index (χ1) is 13.4. The van der Waals surface area contributed by atoms with Crippen molar-refractivity contribution in [3.05, 3.63) is 29.3 Å². The lowest BCUT2D eigenvalue weighted by molar-refractivity contribution is -0.121. The number of hydrogen-bond donors (Lipinski definition) is 1. The van der Waals surface area contributed by atoms with E-state index in [0.717, 1.165) is 25.7 Å². The summed E-state index contributed by atoms with van der Waals surface area (Å²) in [6, 6.07) is 2.57. The van der Waals surface area contributed by atoms with E-state index in [1.54, 1.807) is 0 Å². The summed E-state index contributed by atoms with van der Waals surface area (Å²) in [4.78, 5) is 24.6. The first-order valence-corrected chi connectivity index (χ1v) is 10.6. The maximum absolute atomic E-state index is 12.7. The lowest BCUT2D eigenvalue weighted by atomic mass is 9.97. The van der Waals surface area contributed by atoms with Gasteiger partial charge in [0, 0.05) is 12.6 Å². The van der Waals surface area contributed by atoms with Gasteiger partial charge in [-0.05, 0) is 38.2 Å². The van der Waals surface area contributed by atoms with Gasteiger partial charge in [-0.3, -0.25) is 9.59 Å². The number of rotatable bonds is 7. The molecule has 1 aromatic rings. The third-order valence-corrected chi connectivity index (χ3v) is 6.72. The van der Waals surface area contributed by atoms with Crippen molar-refractivity contribution in [3.8, 4) is 11.5 Å². The monoisotopic (exact) mass is 408 g/mol.